The number of carbonyl (C=O) groups excluding carboxylic acids is 1. The van der Waals surface area contributed by atoms with E-state index in [1.54, 1.807) is 29.2 Å². The molecule has 9 nitrogen and oxygen atoms in total. The van der Waals surface area contributed by atoms with Crippen molar-refractivity contribution in [1.29, 1.82) is 0 Å². The van der Waals surface area contributed by atoms with E-state index in [1.807, 2.05) is 41.0 Å². The smallest absolute Gasteiger partial charge is 0.341 e. The van der Waals surface area contributed by atoms with Crippen molar-refractivity contribution in [3.63, 3.8) is 0 Å². The van der Waals surface area contributed by atoms with Crippen LogP contribution in [-0.4, -0.2) is 58.8 Å². The Labute approximate surface area is 244 Å². The number of imidazole rings is 1. The first kappa shape index (κ1) is 29.7. The van der Waals surface area contributed by atoms with Crippen LogP contribution in [0, 0.1) is 5.92 Å². The average Bonchev–Trinajstić information content (AvgIpc) is 3.30. The van der Waals surface area contributed by atoms with Crippen LogP contribution in [0.25, 0.3) is 11.0 Å². The summed E-state index contributed by atoms with van der Waals surface area (Å²) in [5, 5.41) is 9.31. The van der Waals surface area contributed by atoms with Crippen molar-refractivity contribution >= 4 is 34.5 Å². The van der Waals surface area contributed by atoms with Gasteiger partial charge in [0.25, 0.3) is 5.91 Å². The van der Waals surface area contributed by atoms with Gasteiger partial charge in [-0.15, -0.1) is 0 Å². The minimum Gasteiger partial charge on any atom is -0.493 e. The maximum absolute atomic E-state index is 14.0. The van der Waals surface area contributed by atoms with Crippen LogP contribution in [0.1, 0.15) is 42.0 Å². The number of halogens is 1. The monoisotopic (exact) mass is 579 g/mol. The molecule has 0 atom stereocenters. The van der Waals surface area contributed by atoms with Crippen LogP contribution in [0.4, 0.5) is 0 Å². The molecule has 0 aliphatic carbocycles. The highest BCUT2D eigenvalue weighted by Gasteiger charge is 2.25. The fourth-order valence-electron chi connectivity index (χ4n) is 4.57. The Morgan fingerprint density at radius 2 is 1.73 bits per heavy atom. The zero-order chi connectivity index (χ0) is 29.5. The maximum atomic E-state index is 14.0. The summed E-state index contributed by atoms with van der Waals surface area (Å²) in [4.78, 5) is 31.8. The normalized spacial score (nSPS) is 11.1. The number of carboxylic acids is 1. The molecule has 10 heteroatoms. The molecule has 0 fully saturated rings. The van der Waals surface area contributed by atoms with Gasteiger partial charge in [0.1, 0.15) is 11.6 Å². The minimum absolute atomic E-state index is 0.185. The number of para-hydroxylation sites is 3. The molecule has 4 aromatic rings. The zero-order valence-electron chi connectivity index (χ0n) is 23.6. The summed E-state index contributed by atoms with van der Waals surface area (Å²) < 4.78 is 18.4. The number of amides is 1. The SMILES string of the molecule is COc1ccc(C(=O)N(CCC(C)C)Cc2nc3ccccc3n2Cc2ccccc2OCC(=O)O)c(Cl)c1OC. The Bertz CT molecular complexity index is 1530. The predicted molar refractivity (Wildman–Crippen MR) is 157 cm³/mol. The Balaban J connectivity index is 1.74. The van der Waals surface area contributed by atoms with Crippen molar-refractivity contribution in [3.8, 4) is 17.2 Å². The number of carboxylic acid groups (broad SMARTS) is 1. The van der Waals surface area contributed by atoms with Crippen LogP contribution in [0.5, 0.6) is 17.2 Å². The first-order chi connectivity index (χ1) is 19.7. The second-order valence-electron chi connectivity index (χ2n) is 9.96. The molecular formula is C31H34ClN3O6. The number of carbonyl (C=O) groups is 2. The Morgan fingerprint density at radius 3 is 2.44 bits per heavy atom. The Kier molecular flexibility index (Phi) is 9.73. The molecule has 0 aliphatic heterocycles. The van der Waals surface area contributed by atoms with E-state index in [1.165, 1.54) is 14.2 Å². The van der Waals surface area contributed by atoms with Gasteiger partial charge in [-0.25, -0.2) is 9.78 Å². The highest BCUT2D eigenvalue weighted by molar-refractivity contribution is 6.35. The van der Waals surface area contributed by atoms with Gasteiger partial charge in [-0.3, -0.25) is 4.79 Å². The third kappa shape index (κ3) is 6.92. The average molecular weight is 580 g/mol. The van der Waals surface area contributed by atoms with E-state index in [0.717, 1.165) is 23.0 Å². The van der Waals surface area contributed by atoms with E-state index < -0.39 is 12.6 Å². The molecule has 0 saturated carbocycles. The van der Waals surface area contributed by atoms with E-state index in [9.17, 15) is 9.59 Å². The van der Waals surface area contributed by atoms with E-state index in [0.29, 0.717) is 47.6 Å². The summed E-state index contributed by atoms with van der Waals surface area (Å²) in [6, 6.07) is 18.4. The van der Waals surface area contributed by atoms with Crippen molar-refractivity contribution in [3.05, 3.63) is 82.6 Å². The number of ether oxygens (including phenoxy) is 3. The lowest BCUT2D eigenvalue weighted by Gasteiger charge is -2.25. The van der Waals surface area contributed by atoms with E-state index in [-0.39, 0.29) is 17.5 Å². The van der Waals surface area contributed by atoms with Crippen molar-refractivity contribution < 1.29 is 28.9 Å². The molecule has 1 aromatic heterocycles. The van der Waals surface area contributed by atoms with Gasteiger partial charge in [0.15, 0.2) is 18.1 Å². The molecule has 216 valence electrons. The lowest BCUT2D eigenvalue weighted by molar-refractivity contribution is -0.139. The summed E-state index contributed by atoms with van der Waals surface area (Å²) in [7, 11) is 2.99. The van der Waals surface area contributed by atoms with E-state index >= 15 is 0 Å². The van der Waals surface area contributed by atoms with Gasteiger partial charge >= 0.3 is 5.97 Å². The van der Waals surface area contributed by atoms with Crippen molar-refractivity contribution in [1.82, 2.24) is 14.5 Å². The molecule has 41 heavy (non-hydrogen) atoms. The van der Waals surface area contributed by atoms with Crippen LogP contribution in [0.15, 0.2) is 60.7 Å². The lowest BCUT2D eigenvalue weighted by Crippen LogP contribution is -2.33. The van der Waals surface area contributed by atoms with Gasteiger partial charge in [-0.1, -0.05) is 55.8 Å². The molecular weight excluding hydrogens is 546 g/mol. The van der Waals surface area contributed by atoms with Crippen LogP contribution < -0.4 is 14.2 Å². The number of aromatic nitrogens is 2. The van der Waals surface area contributed by atoms with Gasteiger partial charge in [-0.2, -0.15) is 0 Å². The first-order valence-electron chi connectivity index (χ1n) is 13.3. The highest BCUT2D eigenvalue weighted by Crippen LogP contribution is 2.38. The summed E-state index contributed by atoms with van der Waals surface area (Å²) in [5.41, 5.74) is 2.77. The molecule has 0 spiro atoms. The second kappa shape index (κ2) is 13.4. The molecule has 1 heterocycles. The van der Waals surface area contributed by atoms with Gasteiger partial charge in [0.05, 0.1) is 48.9 Å². The molecule has 1 amide bonds. The van der Waals surface area contributed by atoms with E-state index in [4.69, 9.17) is 35.9 Å². The third-order valence-corrected chi connectivity index (χ3v) is 7.07. The first-order valence-corrected chi connectivity index (χ1v) is 13.7. The number of hydrogen-bond acceptors (Lipinski definition) is 6. The predicted octanol–water partition coefficient (Wildman–Crippen LogP) is 5.91. The molecule has 0 saturated heterocycles. The minimum atomic E-state index is -1.05. The molecule has 0 aliphatic rings. The molecule has 3 aromatic carbocycles. The van der Waals surface area contributed by atoms with Gasteiger partial charge in [0, 0.05) is 12.1 Å². The number of benzene rings is 3. The van der Waals surface area contributed by atoms with Crippen molar-refractivity contribution in [2.24, 2.45) is 5.92 Å². The van der Waals surface area contributed by atoms with Crippen LogP contribution in [-0.2, 0) is 17.9 Å². The number of aliphatic carboxylic acids is 1. The second-order valence-corrected chi connectivity index (χ2v) is 10.3. The number of rotatable bonds is 13. The van der Waals surface area contributed by atoms with Crippen LogP contribution in [0.3, 0.4) is 0 Å². The maximum Gasteiger partial charge on any atom is 0.341 e. The van der Waals surface area contributed by atoms with Gasteiger partial charge in [0.2, 0.25) is 0 Å². The van der Waals surface area contributed by atoms with Crippen molar-refractivity contribution in [2.45, 2.75) is 33.4 Å². The summed E-state index contributed by atoms with van der Waals surface area (Å²) in [6.07, 6.45) is 0.780. The standard InChI is InChI=1S/C31H34ClN3O6/c1-20(2)15-16-34(31(38)22-13-14-26(39-3)30(40-4)29(22)32)18-27-33-23-10-6-7-11-24(23)35(27)17-21-9-5-8-12-25(21)41-19-28(36)37/h5-14,20H,15-19H2,1-4H3,(H,36,37). The fraction of sp³-hybridized carbons (Fsp3) is 0.323. The molecule has 0 bridgehead atoms. The zero-order valence-corrected chi connectivity index (χ0v) is 24.4. The quantitative estimate of drug-likeness (QED) is 0.210. The number of nitrogens with zero attached hydrogens (tertiary/aromatic N) is 3. The number of fused-ring (bicyclic) bond motifs is 1. The summed E-state index contributed by atoms with van der Waals surface area (Å²) in [5.74, 6) is 0.948. The molecule has 4 rings (SSSR count). The summed E-state index contributed by atoms with van der Waals surface area (Å²) >= 11 is 6.64. The Hall–Kier alpha value is -4.24. The molecule has 0 unspecified atom stereocenters. The van der Waals surface area contributed by atoms with Crippen molar-refractivity contribution in [2.75, 3.05) is 27.4 Å². The fourth-order valence-corrected chi connectivity index (χ4v) is 4.88. The van der Waals surface area contributed by atoms with Gasteiger partial charge < -0.3 is 28.8 Å². The molecule has 1 N–H and O–H groups in total. The third-order valence-electron chi connectivity index (χ3n) is 6.70. The summed E-state index contributed by atoms with van der Waals surface area (Å²) in [6.45, 7) is 4.85. The topological polar surface area (TPSA) is 103 Å². The highest BCUT2D eigenvalue weighted by atomic mass is 35.5. The number of hydrogen-bond donors (Lipinski definition) is 1. The van der Waals surface area contributed by atoms with E-state index in [2.05, 4.69) is 13.8 Å². The van der Waals surface area contributed by atoms with Crippen LogP contribution in [0.2, 0.25) is 5.02 Å². The largest absolute Gasteiger partial charge is 0.493 e. The number of methoxy groups -OCH3 is 2. The lowest BCUT2D eigenvalue weighted by atomic mass is 10.1. The van der Waals surface area contributed by atoms with Gasteiger partial charge in [-0.05, 0) is 42.7 Å². The Morgan fingerprint density at radius 1 is 1.00 bits per heavy atom. The van der Waals surface area contributed by atoms with Crippen LogP contribution >= 0.6 is 11.6 Å². The molecule has 0 radical (unpaired) electrons.